The summed E-state index contributed by atoms with van der Waals surface area (Å²) in [6, 6.07) is 3.92. The molecule has 0 unspecified atom stereocenters. The van der Waals surface area contributed by atoms with E-state index in [2.05, 4.69) is 21.4 Å². The van der Waals surface area contributed by atoms with Gasteiger partial charge in [0.2, 0.25) is 5.91 Å². The second kappa shape index (κ2) is 7.79. The van der Waals surface area contributed by atoms with E-state index in [1.165, 1.54) is 0 Å². The van der Waals surface area contributed by atoms with Crippen LogP contribution in [-0.4, -0.2) is 36.4 Å². The number of piperidine rings is 1. The number of carbonyl (C=O) groups excluding carboxylic acids is 2. The van der Waals surface area contributed by atoms with Crippen molar-refractivity contribution >= 4 is 27.7 Å². The third-order valence-corrected chi connectivity index (χ3v) is 4.58. The van der Waals surface area contributed by atoms with Gasteiger partial charge in [0.1, 0.15) is 5.75 Å². The van der Waals surface area contributed by atoms with Crippen LogP contribution in [0.25, 0.3) is 0 Å². The van der Waals surface area contributed by atoms with Gasteiger partial charge in [-0.15, -0.1) is 0 Å². The quantitative estimate of drug-likeness (QED) is 0.470. The van der Waals surface area contributed by atoms with Gasteiger partial charge in [0.05, 0.1) is 0 Å². The van der Waals surface area contributed by atoms with E-state index >= 15 is 0 Å². The first-order valence-electron chi connectivity index (χ1n) is 7.60. The molecule has 6 nitrogen and oxygen atoms in total. The summed E-state index contributed by atoms with van der Waals surface area (Å²) in [6.07, 6.45) is 1.26. The molecule has 2 amide bonds. The van der Waals surface area contributed by atoms with Gasteiger partial charge in [-0.2, -0.15) is 0 Å². The predicted molar refractivity (Wildman–Crippen MR) is 90.7 cm³/mol. The number of hydrazine groups is 1. The zero-order valence-corrected chi connectivity index (χ0v) is 15.0. The number of hydrogen-bond donors (Lipinski definition) is 2. The number of hydrogen-bond acceptors (Lipinski definition) is 4. The Hall–Kier alpha value is -1.60. The van der Waals surface area contributed by atoms with Gasteiger partial charge in [-0.25, -0.2) is 5.84 Å². The van der Waals surface area contributed by atoms with E-state index in [0.29, 0.717) is 25.9 Å². The predicted octanol–water partition coefficient (Wildman–Crippen LogP) is 1.67. The molecule has 23 heavy (non-hydrogen) atoms. The third-order valence-electron chi connectivity index (χ3n) is 4.13. The molecule has 7 heteroatoms. The SMILES string of the molecule is Cc1cc(Br)cc(C)c1OCC(=O)N1CCC(C(=O)NN)CC1. The van der Waals surface area contributed by atoms with E-state index in [1.54, 1.807) is 4.90 Å². The number of benzene rings is 1. The maximum Gasteiger partial charge on any atom is 0.260 e. The Morgan fingerprint density at radius 2 is 1.87 bits per heavy atom. The Kier molecular flexibility index (Phi) is 6.01. The van der Waals surface area contributed by atoms with Crippen LogP contribution < -0.4 is 16.0 Å². The number of likely N-dealkylation sites (tertiary alicyclic amines) is 1. The van der Waals surface area contributed by atoms with Gasteiger partial charge in [-0.1, -0.05) is 15.9 Å². The van der Waals surface area contributed by atoms with Crippen molar-refractivity contribution in [1.82, 2.24) is 10.3 Å². The normalized spacial score (nSPS) is 15.4. The molecule has 0 radical (unpaired) electrons. The van der Waals surface area contributed by atoms with Crippen molar-refractivity contribution in [1.29, 1.82) is 0 Å². The first kappa shape index (κ1) is 17.7. The molecule has 1 fully saturated rings. The monoisotopic (exact) mass is 383 g/mol. The summed E-state index contributed by atoms with van der Waals surface area (Å²) in [4.78, 5) is 25.5. The molecule has 1 aromatic carbocycles. The van der Waals surface area contributed by atoms with E-state index in [9.17, 15) is 9.59 Å². The highest BCUT2D eigenvalue weighted by Gasteiger charge is 2.27. The highest BCUT2D eigenvalue weighted by molar-refractivity contribution is 9.10. The van der Waals surface area contributed by atoms with Crippen molar-refractivity contribution < 1.29 is 14.3 Å². The number of carbonyl (C=O) groups is 2. The first-order valence-corrected chi connectivity index (χ1v) is 8.39. The molecule has 0 saturated carbocycles. The van der Waals surface area contributed by atoms with Crippen LogP contribution in [0.3, 0.4) is 0 Å². The summed E-state index contributed by atoms with van der Waals surface area (Å²) in [5, 5.41) is 0. The molecule has 0 aromatic heterocycles. The Morgan fingerprint density at radius 3 is 2.39 bits per heavy atom. The fourth-order valence-electron chi connectivity index (χ4n) is 2.86. The minimum absolute atomic E-state index is 0.0110. The van der Waals surface area contributed by atoms with E-state index < -0.39 is 0 Å². The van der Waals surface area contributed by atoms with Gasteiger partial charge in [0, 0.05) is 23.5 Å². The highest BCUT2D eigenvalue weighted by atomic mass is 79.9. The van der Waals surface area contributed by atoms with Gasteiger partial charge in [-0.05, 0) is 49.9 Å². The fourth-order valence-corrected chi connectivity index (χ4v) is 3.55. The van der Waals surface area contributed by atoms with E-state index in [4.69, 9.17) is 10.6 Å². The number of nitrogens with zero attached hydrogens (tertiary/aromatic N) is 1. The maximum absolute atomic E-state index is 12.3. The maximum atomic E-state index is 12.3. The molecule has 0 bridgehead atoms. The second-order valence-electron chi connectivity index (χ2n) is 5.82. The lowest BCUT2D eigenvalue weighted by atomic mass is 9.96. The smallest absolute Gasteiger partial charge is 0.260 e. The lowest BCUT2D eigenvalue weighted by Gasteiger charge is -2.31. The number of nitrogens with one attached hydrogen (secondary N) is 1. The minimum Gasteiger partial charge on any atom is -0.483 e. The summed E-state index contributed by atoms with van der Waals surface area (Å²) in [7, 11) is 0. The van der Waals surface area contributed by atoms with Gasteiger partial charge >= 0.3 is 0 Å². The Morgan fingerprint density at radius 1 is 1.30 bits per heavy atom. The zero-order valence-electron chi connectivity index (χ0n) is 13.4. The minimum atomic E-state index is -0.158. The molecule has 126 valence electrons. The number of amides is 2. The average molecular weight is 384 g/mol. The van der Waals surface area contributed by atoms with Crippen LogP contribution in [0.2, 0.25) is 0 Å². The number of ether oxygens (including phenoxy) is 1. The molecule has 1 aromatic rings. The Balaban J connectivity index is 1.88. The summed E-state index contributed by atoms with van der Waals surface area (Å²) in [6.45, 7) is 5.03. The van der Waals surface area contributed by atoms with E-state index in [1.807, 2.05) is 26.0 Å². The number of halogens is 1. The van der Waals surface area contributed by atoms with Crippen LogP contribution in [0.4, 0.5) is 0 Å². The standard InChI is InChI=1S/C16H22BrN3O3/c1-10-7-13(17)8-11(2)15(10)23-9-14(21)20-5-3-12(4-6-20)16(22)19-18/h7-8,12H,3-6,9,18H2,1-2H3,(H,19,22). The molecule has 1 aliphatic heterocycles. The molecule has 2 rings (SSSR count). The van der Waals surface area contributed by atoms with Crippen molar-refractivity contribution in [2.45, 2.75) is 26.7 Å². The zero-order chi connectivity index (χ0) is 17.0. The number of aryl methyl sites for hydroxylation is 2. The summed E-state index contributed by atoms with van der Waals surface area (Å²) in [5.41, 5.74) is 4.15. The van der Waals surface area contributed by atoms with Gasteiger partial charge in [-0.3, -0.25) is 15.0 Å². The topological polar surface area (TPSA) is 84.7 Å². The average Bonchev–Trinajstić information content (AvgIpc) is 2.53. The van der Waals surface area contributed by atoms with Crippen molar-refractivity contribution in [3.05, 3.63) is 27.7 Å². The van der Waals surface area contributed by atoms with Crippen LogP contribution in [0.1, 0.15) is 24.0 Å². The number of rotatable bonds is 4. The third kappa shape index (κ3) is 4.45. The number of nitrogens with two attached hydrogens (primary N) is 1. The van der Waals surface area contributed by atoms with Gasteiger partial charge < -0.3 is 9.64 Å². The summed E-state index contributed by atoms with van der Waals surface area (Å²) < 4.78 is 6.71. The molecule has 0 atom stereocenters. The summed E-state index contributed by atoms with van der Waals surface area (Å²) >= 11 is 3.44. The molecule has 1 heterocycles. The van der Waals surface area contributed by atoms with E-state index in [-0.39, 0.29) is 24.3 Å². The van der Waals surface area contributed by atoms with Crippen LogP contribution in [0.15, 0.2) is 16.6 Å². The van der Waals surface area contributed by atoms with Crippen molar-refractivity contribution in [3.8, 4) is 5.75 Å². The second-order valence-corrected chi connectivity index (χ2v) is 6.74. The summed E-state index contributed by atoms with van der Waals surface area (Å²) in [5.74, 6) is 5.57. The van der Waals surface area contributed by atoms with Gasteiger partial charge in [0.25, 0.3) is 5.91 Å². The molecule has 1 saturated heterocycles. The van der Waals surface area contributed by atoms with Crippen molar-refractivity contribution in [3.63, 3.8) is 0 Å². The Bertz CT molecular complexity index is 575. The molecule has 3 N–H and O–H groups in total. The molecular weight excluding hydrogens is 362 g/mol. The fraction of sp³-hybridized carbons (Fsp3) is 0.500. The van der Waals surface area contributed by atoms with Crippen LogP contribution in [-0.2, 0) is 9.59 Å². The molecule has 0 spiro atoms. The van der Waals surface area contributed by atoms with Crippen LogP contribution in [0, 0.1) is 19.8 Å². The molecule has 1 aliphatic rings. The largest absolute Gasteiger partial charge is 0.483 e. The lowest BCUT2D eigenvalue weighted by Crippen LogP contribution is -2.45. The Labute approximate surface area is 144 Å². The first-order chi connectivity index (χ1) is 10.9. The molecular formula is C16H22BrN3O3. The van der Waals surface area contributed by atoms with Crippen molar-refractivity contribution in [2.24, 2.45) is 11.8 Å². The van der Waals surface area contributed by atoms with E-state index in [0.717, 1.165) is 21.3 Å². The van der Waals surface area contributed by atoms with Crippen LogP contribution >= 0.6 is 15.9 Å². The highest BCUT2D eigenvalue weighted by Crippen LogP contribution is 2.27. The lowest BCUT2D eigenvalue weighted by molar-refractivity contribution is -0.137. The van der Waals surface area contributed by atoms with Gasteiger partial charge in [0.15, 0.2) is 6.61 Å². The van der Waals surface area contributed by atoms with Crippen molar-refractivity contribution in [2.75, 3.05) is 19.7 Å². The molecule has 0 aliphatic carbocycles. The van der Waals surface area contributed by atoms with Crippen LogP contribution in [0.5, 0.6) is 5.75 Å².